The molecule has 0 aromatic carbocycles. The summed E-state index contributed by atoms with van der Waals surface area (Å²) in [6.45, 7) is 1.60. The highest BCUT2D eigenvalue weighted by molar-refractivity contribution is 6.49. The molecule has 1 fully saturated rings. The number of hydrogen-bond acceptors (Lipinski definition) is 6. The number of Topliss-reactive ketones (excluding diaryl/α,β-unsaturated/α-hetero) is 2. The summed E-state index contributed by atoms with van der Waals surface area (Å²) in [5.74, 6) is -4.12. The van der Waals surface area contributed by atoms with Crippen LogP contribution in [-0.2, 0) is 0 Å². The molecule has 2 N–H and O–H groups in total. The molecule has 1 aliphatic carbocycles. The van der Waals surface area contributed by atoms with Gasteiger partial charge in [0.05, 0.1) is 17.7 Å². The minimum atomic E-state index is -2.85. The molecule has 0 radical (unpaired) electrons. The lowest BCUT2D eigenvalue weighted by atomic mass is 9.96. The van der Waals surface area contributed by atoms with E-state index in [0.717, 1.165) is 0 Å². The van der Waals surface area contributed by atoms with Crippen molar-refractivity contribution in [2.45, 2.75) is 38.0 Å². The van der Waals surface area contributed by atoms with Gasteiger partial charge in [-0.1, -0.05) is 11.6 Å². The Hall–Kier alpha value is -2.13. The van der Waals surface area contributed by atoms with Crippen LogP contribution in [0.15, 0.2) is 22.9 Å². The fourth-order valence-corrected chi connectivity index (χ4v) is 3.22. The molecule has 1 aromatic rings. The number of carbonyl (C=O) groups is 2. The highest BCUT2D eigenvalue weighted by Gasteiger charge is 2.40. The Labute approximate surface area is 164 Å². The molecule has 3 rings (SSSR count). The molecule has 0 unspecified atom stereocenters. The van der Waals surface area contributed by atoms with Crippen LogP contribution in [0, 0.1) is 0 Å². The van der Waals surface area contributed by atoms with E-state index in [0.29, 0.717) is 0 Å². The number of ketones is 2. The van der Waals surface area contributed by atoms with E-state index in [2.05, 4.69) is 10.3 Å². The average molecular weight is 418 g/mol. The van der Waals surface area contributed by atoms with Crippen LogP contribution in [-0.4, -0.2) is 59.0 Å². The van der Waals surface area contributed by atoms with E-state index in [4.69, 9.17) is 11.6 Å². The van der Waals surface area contributed by atoms with Crippen molar-refractivity contribution in [3.63, 3.8) is 0 Å². The number of allylic oxidation sites excluding steroid dienone is 2. The lowest BCUT2D eigenvalue weighted by molar-refractivity contribution is -0.00134. The topological polar surface area (TPSA) is 82.5 Å². The van der Waals surface area contributed by atoms with Crippen LogP contribution in [0.5, 0.6) is 0 Å². The van der Waals surface area contributed by atoms with Crippen LogP contribution < -0.4 is 10.2 Å². The van der Waals surface area contributed by atoms with E-state index in [-0.39, 0.29) is 35.7 Å². The number of nitrogens with zero attached hydrogens (tertiary/aromatic N) is 2. The van der Waals surface area contributed by atoms with E-state index in [1.54, 1.807) is 0 Å². The number of hydrogen-bond donors (Lipinski definition) is 2. The summed E-state index contributed by atoms with van der Waals surface area (Å²) in [4.78, 5) is 30.6. The molecule has 0 spiro atoms. The fourth-order valence-electron chi connectivity index (χ4n) is 2.96. The maximum absolute atomic E-state index is 14.0. The number of aromatic nitrogens is 1. The number of alkyl halides is 3. The molecule has 1 saturated heterocycles. The van der Waals surface area contributed by atoms with Crippen molar-refractivity contribution < 1.29 is 27.9 Å². The summed E-state index contributed by atoms with van der Waals surface area (Å²) in [6, 6.07) is 2.71. The summed E-state index contributed by atoms with van der Waals surface area (Å²) in [5, 5.41) is 11.7. The van der Waals surface area contributed by atoms with Crippen molar-refractivity contribution in [3.8, 4) is 0 Å². The summed E-state index contributed by atoms with van der Waals surface area (Å²) in [7, 11) is 0. The van der Waals surface area contributed by atoms with Gasteiger partial charge in [0.1, 0.15) is 28.4 Å². The van der Waals surface area contributed by atoms with Crippen molar-refractivity contribution in [3.05, 3.63) is 34.1 Å². The zero-order valence-corrected chi connectivity index (χ0v) is 16.0. The zero-order chi connectivity index (χ0) is 20.9. The summed E-state index contributed by atoms with van der Waals surface area (Å²) in [5.41, 5.74) is -2.27. The number of aliphatic hydroxyl groups is 1. The number of carbonyl (C=O) groups excluding carboxylic acids is 2. The van der Waals surface area contributed by atoms with Gasteiger partial charge in [-0.25, -0.2) is 18.2 Å². The van der Waals surface area contributed by atoms with Gasteiger partial charge in [-0.05, 0) is 26.0 Å². The molecular weight excluding hydrogens is 399 g/mol. The second-order valence-electron chi connectivity index (χ2n) is 7.44. The van der Waals surface area contributed by atoms with Gasteiger partial charge in [0.15, 0.2) is 0 Å². The summed E-state index contributed by atoms with van der Waals surface area (Å²) >= 11 is 5.98. The van der Waals surface area contributed by atoms with Crippen LogP contribution in [0.25, 0.3) is 0 Å². The minimum Gasteiger partial charge on any atom is -0.387 e. The first-order chi connectivity index (χ1) is 12.9. The molecule has 28 heavy (non-hydrogen) atoms. The predicted molar refractivity (Wildman–Crippen MR) is 96.8 cm³/mol. The Morgan fingerprint density at radius 2 is 2.04 bits per heavy atom. The van der Waals surface area contributed by atoms with Gasteiger partial charge in [0.2, 0.25) is 11.6 Å². The lowest BCUT2D eigenvalue weighted by Gasteiger charge is -2.25. The average Bonchev–Trinajstić information content (AvgIpc) is 2.98. The smallest absolute Gasteiger partial charge is 0.266 e. The lowest BCUT2D eigenvalue weighted by Crippen LogP contribution is -2.42. The first kappa shape index (κ1) is 20.6. The largest absolute Gasteiger partial charge is 0.387 e. The van der Waals surface area contributed by atoms with E-state index in [1.807, 2.05) is 0 Å². The molecule has 2 heterocycles. The van der Waals surface area contributed by atoms with Gasteiger partial charge in [0.25, 0.3) is 5.92 Å². The molecule has 1 atom stereocenters. The van der Waals surface area contributed by atoms with E-state index in [1.165, 1.54) is 30.9 Å². The fraction of sp³-hybridized carbons (Fsp3) is 0.500. The monoisotopic (exact) mass is 417 g/mol. The summed E-state index contributed by atoms with van der Waals surface area (Å²) in [6.07, 6.45) is -2.06. The first-order valence-corrected chi connectivity index (χ1v) is 9.02. The molecule has 0 saturated carbocycles. The molecule has 1 aliphatic heterocycles. The van der Waals surface area contributed by atoms with Crippen molar-refractivity contribution in [2.24, 2.45) is 0 Å². The molecule has 2 aliphatic rings. The quantitative estimate of drug-likeness (QED) is 0.766. The normalized spacial score (nSPS) is 20.5. The SMILES string of the molecule is CC(C)(O)[C@H](F)CNC1=C(Cl)C(=O)c2ccc(N3CCC(F)(F)C3)nc2C1=O. The van der Waals surface area contributed by atoms with Crippen molar-refractivity contribution >= 4 is 29.0 Å². The van der Waals surface area contributed by atoms with E-state index in [9.17, 15) is 27.9 Å². The number of pyridine rings is 1. The Balaban J connectivity index is 1.87. The second kappa shape index (κ2) is 7.04. The van der Waals surface area contributed by atoms with Gasteiger partial charge in [-0.3, -0.25) is 9.59 Å². The predicted octanol–water partition coefficient (Wildman–Crippen LogP) is 2.46. The second-order valence-corrected chi connectivity index (χ2v) is 7.82. The number of rotatable bonds is 5. The van der Waals surface area contributed by atoms with Gasteiger partial charge >= 0.3 is 0 Å². The van der Waals surface area contributed by atoms with Gasteiger partial charge in [-0.15, -0.1) is 0 Å². The number of nitrogens with one attached hydrogen (secondary N) is 1. The van der Waals surface area contributed by atoms with Gasteiger partial charge in [0, 0.05) is 19.5 Å². The Kier molecular flexibility index (Phi) is 5.18. The first-order valence-electron chi connectivity index (χ1n) is 8.64. The number of anilines is 1. The summed E-state index contributed by atoms with van der Waals surface area (Å²) < 4.78 is 40.9. The highest BCUT2D eigenvalue weighted by Crippen LogP contribution is 2.32. The third-order valence-electron chi connectivity index (χ3n) is 4.70. The number of halogens is 4. The van der Waals surface area contributed by atoms with Crippen LogP contribution in [0.4, 0.5) is 19.0 Å². The molecule has 6 nitrogen and oxygen atoms in total. The minimum absolute atomic E-state index is 0.0467. The van der Waals surface area contributed by atoms with Crippen LogP contribution in [0.1, 0.15) is 41.1 Å². The molecule has 1 aromatic heterocycles. The van der Waals surface area contributed by atoms with Crippen molar-refractivity contribution in [1.82, 2.24) is 10.3 Å². The standard InChI is InChI=1S/C18H19ClF3N3O3/c1-17(2,28)10(20)7-23-14-12(19)15(26)9-3-4-11(24-13(9)16(14)27)25-6-5-18(21,22)8-25/h3-4,10,23,28H,5-8H2,1-2H3/t10-/m1/s1. The Bertz CT molecular complexity index is 867. The maximum Gasteiger partial charge on any atom is 0.266 e. The van der Waals surface area contributed by atoms with Crippen molar-refractivity contribution in [2.75, 3.05) is 24.5 Å². The zero-order valence-electron chi connectivity index (χ0n) is 15.2. The molecule has 10 heteroatoms. The number of fused-ring (bicyclic) bond motifs is 1. The van der Waals surface area contributed by atoms with Crippen LogP contribution in [0.2, 0.25) is 0 Å². The Morgan fingerprint density at radius 3 is 2.61 bits per heavy atom. The highest BCUT2D eigenvalue weighted by atomic mass is 35.5. The van der Waals surface area contributed by atoms with Crippen LogP contribution >= 0.6 is 11.6 Å². The molecule has 0 amide bonds. The van der Waals surface area contributed by atoms with E-state index >= 15 is 0 Å². The molecule has 152 valence electrons. The van der Waals surface area contributed by atoms with Gasteiger partial charge in [-0.2, -0.15) is 0 Å². The van der Waals surface area contributed by atoms with Crippen LogP contribution in [0.3, 0.4) is 0 Å². The van der Waals surface area contributed by atoms with E-state index < -0.39 is 47.4 Å². The third-order valence-corrected chi connectivity index (χ3v) is 5.07. The molecular formula is C18H19ClF3N3O3. The Morgan fingerprint density at radius 1 is 1.36 bits per heavy atom. The third kappa shape index (κ3) is 3.86. The molecule has 0 bridgehead atoms. The van der Waals surface area contributed by atoms with Gasteiger partial charge < -0.3 is 15.3 Å². The maximum atomic E-state index is 14.0. The van der Waals surface area contributed by atoms with Crippen molar-refractivity contribution in [1.29, 1.82) is 0 Å².